The summed E-state index contributed by atoms with van der Waals surface area (Å²) in [5.41, 5.74) is 32.5. The molecule has 2 atom stereocenters. The minimum atomic E-state index is -0.656. The summed E-state index contributed by atoms with van der Waals surface area (Å²) in [6.45, 7) is 0. The highest BCUT2D eigenvalue weighted by Gasteiger charge is 2.50. The predicted molar refractivity (Wildman–Crippen MR) is 508 cm³/mol. The van der Waals surface area contributed by atoms with Crippen LogP contribution in [0.25, 0.3) is 111 Å². The van der Waals surface area contributed by atoms with Gasteiger partial charge in [0, 0.05) is 74.0 Å². The zero-order valence-corrected chi connectivity index (χ0v) is 65.0. The summed E-state index contributed by atoms with van der Waals surface area (Å²) in [7, 11) is 0. The second-order valence-corrected chi connectivity index (χ2v) is 30.4. The standard InChI is InChI=1S/C55H37NO.C31H19BrO.C24H19N.3CH4.B/c1-4-15-38(16-5-1)40-27-31-43(32-28-40)56(44-33-29-41(30-34-44)39-17-6-2-7-18-39)45-35-36-47-46-21-10-12-24-50(46)55(52(47)37-45,42-19-8-3-9-20-42)51-25-14-23-49-48-22-11-13-26-53(48)57-54(49)51;32-21-17-18-23-22-11-4-6-14-26(22)31(28(23)19-21,20-9-2-1-3-10-20)27-15-8-13-25-24-12-5-7-16-29(24)33-30(25)27;1-3-7-19(8-4-1)21-11-15-23(16-12-21)25-24-17-13-22(14-18-24)20-9-5-2-6-10-20;;;;/h1-37H;1-19H;1-18,25H;3*1H4;. The molecule has 0 saturated heterocycles. The first-order valence-electron chi connectivity index (χ1n) is 39.2. The highest BCUT2D eigenvalue weighted by atomic mass is 79.9. The topological polar surface area (TPSA) is 41.6 Å². The molecule has 119 heavy (non-hydrogen) atoms. The molecule has 3 radical (unpaired) electrons. The van der Waals surface area contributed by atoms with E-state index in [-0.39, 0.29) is 30.7 Å². The highest BCUT2D eigenvalue weighted by Crippen LogP contribution is 2.61. The Bertz CT molecular complexity index is 6740. The molecule has 0 saturated carbocycles. The quantitative estimate of drug-likeness (QED) is 0.117. The second-order valence-electron chi connectivity index (χ2n) is 29.5. The maximum atomic E-state index is 6.87. The zero-order chi connectivity index (χ0) is 76.7. The van der Waals surface area contributed by atoms with Crippen LogP contribution < -0.4 is 10.2 Å². The molecule has 2 aromatic heterocycles. The summed E-state index contributed by atoms with van der Waals surface area (Å²) >= 11 is 3.76. The van der Waals surface area contributed by atoms with Gasteiger partial charge in [-0.2, -0.15) is 0 Å². The van der Waals surface area contributed by atoms with Crippen LogP contribution in [0, 0.1) is 0 Å². The Morgan fingerprint density at radius 2 is 0.513 bits per heavy atom. The van der Waals surface area contributed by atoms with E-state index >= 15 is 0 Å². The second kappa shape index (κ2) is 33.9. The molecule has 4 nitrogen and oxygen atoms in total. The molecule has 0 bridgehead atoms. The molecule has 2 heterocycles. The Morgan fingerprint density at radius 1 is 0.227 bits per heavy atom. The van der Waals surface area contributed by atoms with Crippen LogP contribution >= 0.6 is 15.9 Å². The third-order valence-electron chi connectivity index (χ3n) is 23.1. The molecular formula is C113H87BBrN2O2. The fourth-order valence-corrected chi connectivity index (χ4v) is 18.2. The number of rotatable bonds is 13. The number of anilines is 5. The van der Waals surface area contributed by atoms with Crippen LogP contribution in [0.3, 0.4) is 0 Å². The minimum Gasteiger partial charge on any atom is -0.456 e. The number of halogens is 1. The lowest BCUT2D eigenvalue weighted by Crippen LogP contribution is -2.29. The summed E-state index contributed by atoms with van der Waals surface area (Å²) < 4.78 is 14.5. The van der Waals surface area contributed by atoms with Gasteiger partial charge < -0.3 is 19.1 Å². The molecule has 2 aliphatic carbocycles. The van der Waals surface area contributed by atoms with E-state index < -0.39 is 10.8 Å². The summed E-state index contributed by atoms with van der Waals surface area (Å²) in [5, 5.41) is 8.02. The van der Waals surface area contributed by atoms with Crippen molar-refractivity contribution in [2.24, 2.45) is 0 Å². The van der Waals surface area contributed by atoms with Crippen molar-refractivity contribution in [3.05, 3.63) is 498 Å². The van der Waals surface area contributed by atoms with Crippen LogP contribution in [0.2, 0.25) is 0 Å². The third kappa shape index (κ3) is 14.1. The largest absolute Gasteiger partial charge is 0.456 e. The van der Waals surface area contributed by atoms with E-state index in [0.29, 0.717) is 0 Å². The van der Waals surface area contributed by atoms with Gasteiger partial charge in [0.15, 0.2) is 0 Å². The van der Waals surface area contributed by atoms with Crippen molar-refractivity contribution >= 4 is 96.7 Å². The first-order chi connectivity index (χ1) is 56.9. The Balaban J connectivity index is 0.000000144. The predicted octanol–water partition coefficient (Wildman–Crippen LogP) is 31.8. The summed E-state index contributed by atoms with van der Waals surface area (Å²) in [6, 6.07) is 160. The fourth-order valence-electron chi connectivity index (χ4n) is 17.9. The van der Waals surface area contributed by atoms with Gasteiger partial charge in [-0.25, -0.2) is 0 Å². The number of nitrogens with one attached hydrogen (secondary N) is 1. The normalized spacial score (nSPS) is 13.7. The smallest absolute Gasteiger partial charge is 0.140 e. The van der Waals surface area contributed by atoms with Crippen molar-refractivity contribution in [1.82, 2.24) is 0 Å². The van der Waals surface area contributed by atoms with Crippen LogP contribution in [-0.4, -0.2) is 8.41 Å². The highest BCUT2D eigenvalue weighted by molar-refractivity contribution is 9.10. The number of hydrogen-bond acceptors (Lipinski definition) is 4. The van der Waals surface area contributed by atoms with Crippen LogP contribution in [0.15, 0.2) is 462 Å². The van der Waals surface area contributed by atoms with Gasteiger partial charge in [-0.1, -0.05) is 402 Å². The summed E-state index contributed by atoms with van der Waals surface area (Å²) in [4.78, 5) is 2.39. The van der Waals surface area contributed by atoms with Gasteiger partial charge in [0.1, 0.15) is 22.3 Å². The van der Waals surface area contributed by atoms with Crippen molar-refractivity contribution in [2.75, 3.05) is 10.2 Å². The van der Waals surface area contributed by atoms with E-state index in [2.05, 4.69) is 457 Å². The van der Waals surface area contributed by atoms with E-state index in [4.69, 9.17) is 8.83 Å². The minimum absolute atomic E-state index is 0. The molecule has 0 spiro atoms. The average Bonchev–Trinajstić information content (AvgIpc) is 1.54. The number of fused-ring (bicyclic) bond motifs is 12. The molecule has 0 amide bonds. The molecule has 1 N–H and O–H groups in total. The van der Waals surface area contributed by atoms with Crippen molar-refractivity contribution in [2.45, 2.75) is 33.1 Å². The van der Waals surface area contributed by atoms with E-state index in [0.717, 1.165) is 82.4 Å². The monoisotopic (exact) mass is 1590 g/mol. The lowest BCUT2D eigenvalue weighted by molar-refractivity contribution is 0.648. The Hall–Kier alpha value is -14.3. The Labute approximate surface area is 708 Å². The van der Waals surface area contributed by atoms with E-state index in [9.17, 15) is 0 Å². The number of benzene rings is 18. The average molecular weight is 1600 g/mol. The van der Waals surface area contributed by atoms with E-state index in [1.54, 1.807) is 0 Å². The third-order valence-corrected chi connectivity index (χ3v) is 23.6. The van der Waals surface area contributed by atoms with Crippen molar-refractivity contribution in [3.8, 4) is 66.8 Å². The molecule has 2 aliphatic rings. The SMILES string of the molecule is Brc1ccc2c(c1)C(c1ccccc1)(c1cccc3c1oc1ccccc13)c1ccccc1-2.C.C.C.[B].c1ccc(-c2ccc(N(c3ccc(-c4ccccc4)cc3)c3ccc4c(c3)C(c3ccccc3)(c3cccc5c3oc3ccccc35)c3ccccc3-4)cc2)cc1.c1ccc(-c2ccc(Nc3ccc(-c4ccccc4)cc3)cc2)cc1. The van der Waals surface area contributed by atoms with Gasteiger partial charge in [-0.3, -0.25) is 0 Å². The van der Waals surface area contributed by atoms with Crippen LogP contribution in [0.5, 0.6) is 0 Å². The van der Waals surface area contributed by atoms with Crippen molar-refractivity contribution in [1.29, 1.82) is 0 Å². The number of furan rings is 2. The molecule has 2 unspecified atom stereocenters. The first-order valence-corrected chi connectivity index (χ1v) is 40.0. The molecule has 18 aromatic carbocycles. The van der Waals surface area contributed by atoms with Crippen LogP contribution in [0.1, 0.15) is 66.8 Å². The maximum absolute atomic E-state index is 6.87. The van der Waals surface area contributed by atoms with Crippen molar-refractivity contribution < 1.29 is 8.83 Å². The first kappa shape index (κ1) is 78.6. The Morgan fingerprint density at radius 3 is 0.908 bits per heavy atom. The molecule has 571 valence electrons. The Kier molecular flexibility index (Phi) is 22.4. The molecule has 20 aromatic rings. The van der Waals surface area contributed by atoms with Crippen molar-refractivity contribution in [3.63, 3.8) is 0 Å². The van der Waals surface area contributed by atoms with Gasteiger partial charge in [0.25, 0.3) is 0 Å². The van der Waals surface area contributed by atoms with E-state index in [1.807, 2.05) is 18.2 Å². The number of nitrogens with zero attached hydrogens (tertiary/aromatic N) is 1. The van der Waals surface area contributed by atoms with Gasteiger partial charge >= 0.3 is 0 Å². The summed E-state index contributed by atoms with van der Waals surface area (Å²) in [5.74, 6) is 0. The lowest BCUT2D eigenvalue weighted by atomic mass is 9.67. The fraction of sp³-hybridized carbons (Fsp3) is 0.0442. The molecule has 6 heteroatoms. The van der Waals surface area contributed by atoms with Gasteiger partial charge in [0.2, 0.25) is 0 Å². The van der Waals surface area contributed by atoms with E-state index in [1.165, 1.54) is 106 Å². The van der Waals surface area contributed by atoms with Gasteiger partial charge in [-0.05, 0) is 185 Å². The number of para-hydroxylation sites is 4. The lowest BCUT2D eigenvalue weighted by Gasteiger charge is -2.35. The molecule has 22 rings (SSSR count). The van der Waals surface area contributed by atoms with Gasteiger partial charge in [-0.15, -0.1) is 0 Å². The zero-order valence-electron chi connectivity index (χ0n) is 63.4. The maximum Gasteiger partial charge on any atom is 0.140 e. The number of hydrogen-bond donors (Lipinski definition) is 1. The molecule has 0 fully saturated rings. The molecule has 0 aliphatic heterocycles. The van der Waals surface area contributed by atoms with Crippen LogP contribution in [-0.2, 0) is 10.8 Å². The molecular weight excluding hydrogens is 1510 g/mol. The van der Waals surface area contributed by atoms with Crippen LogP contribution in [0.4, 0.5) is 28.4 Å². The van der Waals surface area contributed by atoms with Gasteiger partial charge in [0.05, 0.1) is 10.8 Å². The summed E-state index contributed by atoms with van der Waals surface area (Å²) in [6.07, 6.45) is 0.